The molecule has 1 aliphatic carbocycles. The Morgan fingerprint density at radius 3 is 2.62 bits per heavy atom. The van der Waals surface area contributed by atoms with E-state index in [1.807, 2.05) is 20.8 Å². The fourth-order valence-electron chi connectivity index (χ4n) is 2.42. The van der Waals surface area contributed by atoms with Crippen LogP contribution in [0, 0.1) is 11.8 Å². The van der Waals surface area contributed by atoms with Crippen LogP contribution < -0.4 is 0 Å². The molecule has 0 aromatic rings. The molecule has 4 heteroatoms. The van der Waals surface area contributed by atoms with Gasteiger partial charge in [0.15, 0.2) is 0 Å². The maximum Gasteiger partial charge on any atom is 0.410 e. The molecule has 3 atom stereocenters. The van der Waals surface area contributed by atoms with E-state index in [9.17, 15) is 9.90 Å². The Morgan fingerprint density at radius 2 is 2.06 bits per heavy atom. The maximum absolute atomic E-state index is 11.9. The van der Waals surface area contributed by atoms with E-state index in [2.05, 4.69) is 0 Å². The van der Waals surface area contributed by atoms with Crippen LogP contribution in [-0.4, -0.2) is 40.9 Å². The highest BCUT2D eigenvalue weighted by molar-refractivity contribution is 5.69. The average Bonchev–Trinajstić information content (AvgIpc) is 2.90. The number of hydrogen-bond acceptors (Lipinski definition) is 3. The second-order valence-electron chi connectivity index (χ2n) is 5.96. The zero-order valence-corrected chi connectivity index (χ0v) is 10.3. The molecular formula is C12H21NO3. The lowest BCUT2D eigenvalue weighted by molar-refractivity contribution is 0.000449. The Hall–Kier alpha value is -0.770. The summed E-state index contributed by atoms with van der Waals surface area (Å²) in [4.78, 5) is 13.6. The van der Waals surface area contributed by atoms with E-state index in [4.69, 9.17) is 4.74 Å². The van der Waals surface area contributed by atoms with Crippen LogP contribution in [0.1, 0.15) is 33.6 Å². The minimum Gasteiger partial charge on any atom is -0.444 e. The first-order chi connectivity index (χ1) is 7.40. The molecule has 0 unspecified atom stereocenters. The lowest BCUT2D eigenvalue weighted by Crippen LogP contribution is -2.48. The summed E-state index contributed by atoms with van der Waals surface area (Å²) in [5, 5.41) is 9.30. The second kappa shape index (κ2) is 3.91. The number of likely N-dealkylation sites (tertiary alicyclic amines) is 1. The van der Waals surface area contributed by atoms with Gasteiger partial charge in [0.1, 0.15) is 5.60 Å². The quantitative estimate of drug-likeness (QED) is 0.740. The van der Waals surface area contributed by atoms with Crippen molar-refractivity contribution < 1.29 is 14.6 Å². The van der Waals surface area contributed by atoms with Crippen LogP contribution in [0.15, 0.2) is 0 Å². The summed E-state index contributed by atoms with van der Waals surface area (Å²) in [5.41, 5.74) is -0.461. The highest BCUT2D eigenvalue weighted by atomic mass is 16.6. The molecule has 0 spiro atoms. The molecule has 2 fully saturated rings. The second-order valence-corrected chi connectivity index (χ2v) is 5.96. The average molecular weight is 227 g/mol. The minimum atomic E-state index is -0.461. The van der Waals surface area contributed by atoms with Gasteiger partial charge in [0, 0.05) is 6.54 Å². The number of ether oxygens (including phenoxy) is 1. The fraction of sp³-hybridized carbons (Fsp3) is 0.917. The Balaban J connectivity index is 1.98. The molecule has 92 valence electrons. The molecular weight excluding hydrogens is 206 g/mol. The molecule has 0 bridgehead atoms. The Kier molecular flexibility index (Phi) is 2.86. The van der Waals surface area contributed by atoms with Crippen LogP contribution in [0.2, 0.25) is 0 Å². The predicted molar refractivity (Wildman–Crippen MR) is 60.0 cm³/mol. The number of rotatable bonds is 1. The third-order valence-electron chi connectivity index (χ3n) is 3.35. The molecule has 1 N–H and O–H groups in total. The van der Waals surface area contributed by atoms with Gasteiger partial charge in [-0.3, -0.25) is 0 Å². The van der Waals surface area contributed by atoms with E-state index in [-0.39, 0.29) is 18.7 Å². The first-order valence-electron chi connectivity index (χ1n) is 6.01. The van der Waals surface area contributed by atoms with Crippen molar-refractivity contribution in [2.24, 2.45) is 11.8 Å². The van der Waals surface area contributed by atoms with Crippen LogP contribution in [0.25, 0.3) is 0 Å². The molecule has 1 saturated heterocycles. The van der Waals surface area contributed by atoms with Gasteiger partial charge < -0.3 is 14.7 Å². The lowest BCUT2D eigenvalue weighted by atomic mass is 10.0. The Bertz CT molecular complexity index is 284. The van der Waals surface area contributed by atoms with E-state index >= 15 is 0 Å². The Morgan fingerprint density at radius 1 is 1.38 bits per heavy atom. The SMILES string of the molecule is CC(C)(C)OC(=O)N1C[C@@H]2C[C@@H]2C[C@@H]1CO. The van der Waals surface area contributed by atoms with E-state index < -0.39 is 5.60 Å². The normalized spacial score (nSPS) is 33.2. The van der Waals surface area contributed by atoms with Crippen molar-refractivity contribution in [2.45, 2.75) is 45.3 Å². The predicted octanol–water partition coefficient (Wildman–Crippen LogP) is 1.62. The van der Waals surface area contributed by atoms with Crippen molar-refractivity contribution in [1.29, 1.82) is 0 Å². The topological polar surface area (TPSA) is 49.8 Å². The fourth-order valence-corrected chi connectivity index (χ4v) is 2.42. The molecule has 2 rings (SSSR count). The van der Waals surface area contributed by atoms with Gasteiger partial charge in [-0.25, -0.2) is 4.79 Å². The number of carbonyl (C=O) groups excluding carboxylic acids is 1. The first kappa shape index (κ1) is 11.7. The van der Waals surface area contributed by atoms with Crippen molar-refractivity contribution in [3.05, 3.63) is 0 Å². The number of aliphatic hydroxyl groups excluding tert-OH is 1. The van der Waals surface area contributed by atoms with Gasteiger partial charge in [-0.1, -0.05) is 0 Å². The monoisotopic (exact) mass is 227 g/mol. The molecule has 0 aromatic carbocycles. The summed E-state index contributed by atoms with van der Waals surface area (Å²) < 4.78 is 5.35. The summed E-state index contributed by atoms with van der Waals surface area (Å²) in [6, 6.07) is -0.0430. The molecule has 4 nitrogen and oxygen atoms in total. The van der Waals surface area contributed by atoms with Gasteiger partial charge in [0.05, 0.1) is 12.6 Å². The number of nitrogens with zero attached hydrogens (tertiary/aromatic N) is 1. The zero-order valence-electron chi connectivity index (χ0n) is 10.3. The molecule has 0 aromatic heterocycles. The van der Waals surface area contributed by atoms with E-state index in [0.29, 0.717) is 5.92 Å². The van der Waals surface area contributed by atoms with Crippen molar-refractivity contribution >= 4 is 6.09 Å². The summed E-state index contributed by atoms with van der Waals surface area (Å²) in [6.45, 7) is 6.39. The summed E-state index contributed by atoms with van der Waals surface area (Å²) in [5.74, 6) is 1.38. The summed E-state index contributed by atoms with van der Waals surface area (Å²) in [6.07, 6.45) is 1.85. The van der Waals surface area contributed by atoms with Gasteiger partial charge in [0.2, 0.25) is 0 Å². The maximum atomic E-state index is 11.9. The zero-order chi connectivity index (χ0) is 11.9. The minimum absolute atomic E-state index is 0.0430. The molecule has 1 amide bonds. The van der Waals surface area contributed by atoms with E-state index in [0.717, 1.165) is 18.9 Å². The smallest absolute Gasteiger partial charge is 0.410 e. The first-order valence-corrected chi connectivity index (χ1v) is 6.01. The van der Waals surface area contributed by atoms with E-state index in [1.54, 1.807) is 4.90 Å². The van der Waals surface area contributed by atoms with Crippen LogP contribution in [0.4, 0.5) is 4.79 Å². The third-order valence-corrected chi connectivity index (χ3v) is 3.35. The summed E-state index contributed by atoms with van der Waals surface area (Å²) >= 11 is 0. The highest BCUT2D eigenvalue weighted by Crippen LogP contribution is 2.47. The molecule has 0 radical (unpaired) electrons. The van der Waals surface area contributed by atoms with Crippen LogP contribution >= 0.6 is 0 Å². The molecule has 1 saturated carbocycles. The number of fused-ring (bicyclic) bond motifs is 1. The molecule has 16 heavy (non-hydrogen) atoms. The van der Waals surface area contributed by atoms with Crippen LogP contribution in [-0.2, 0) is 4.74 Å². The van der Waals surface area contributed by atoms with Crippen LogP contribution in [0.3, 0.4) is 0 Å². The van der Waals surface area contributed by atoms with Crippen molar-refractivity contribution in [3.63, 3.8) is 0 Å². The third kappa shape index (κ3) is 2.48. The van der Waals surface area contributed by atoms with E-state index in [1.165, 1.54) is 6.42 Å². The van der Waals surface area contributed by atoms with Gasteiger partial charge in [-0.2, -0.15) is 0 Å². The van der Waals surface area contributed by atoms with Gasteiger partial charge in [-0.05, 0) is 45.4 Å². The highest BCUT2D eigenvalue weighted by Gasteiger charge is 2.47. The van der Waals surface area contributed by atoms with Crippen LogP contribution in [0.5, 0.6) is 0 Å². The summed E-state index contributed by atoms with van der Waals surface area (Å²) in [7, 11) is 0. The largest absolute Gasteiger partial charge is 0.444 e. The van der Waals surface area contributed by atoms with Gasteiger partial charge >= 0.3 is 6.09 Å². The van der Waals surface area contributed by atoms with Gasteiger partial charge in [0.25, 0.3) is 0 Å². The van der Waals surface area contributed by atoms with Crippen molar-refractivity contribution in [3.8, 4) is 0 Å². The number of carbonyl (C=O) groups is 1. The molecule has 2 aliphatic rings. The number of piperidine rings is 1. The van der Waals surface area contributed by atoms with Crippen molar-refractivity contribution in [2.75, 3.05) is 13.2 Å². The number of aliphatic hydroxyl groups is 1. The molecule has 1 heterocycles. The number of hydrogen-bond donors (Lipinski definition) is 1. The van der Waals surface area contributed by atoms with Crippen molar-refractivity contribution in [1.82, 2.24) is 4.90 Å². The molecule has 1 aliphatic heterocycles. The lowest BCUT2D eigenvalue weighted by Gasteiger charge is -2.35. The Labute approximate surface area is 96.6 Å². The number of amides is 1. The standard InChI is InChI=1S/C12H21NO3/c1-12(2,3)16-11(15)13-6-9-4-8(9)5-10(13)7-14/h8-10,14H,4-7H2,1-3H3/t8-,9+,10-/m1/s1. The van der Waals surface area contributed by atoms with Gasteiger partial charge in [-0.15, -0.1) is 0 Å².